The van der Waals surface area contributed by atoms with Crippen molar-refractivity contribution < 1.29 is 48.0 Å². The van der Waals surface area contributed by atoms with E-state index in [0.29, 0.717) is 0 Å². The molecule has 28 heavy (non-hydrogen) atoms. The lowest BCUT2D eigenvalue weighted by molar-refractivity contribution is -0.00100. The van der Waals surface area contributed by atoms with Crippen molar-refractivity contribution in [2.75, 3.05) is 96.9 Å². The molecular formula is C18H48I2N6P2. The molecule has 0 saturated heterocycles. The summed E-state index contributed by atoms with van der Waals surface area (Å²) in [6.07, 6.45) is 7.81. The summed E-state index contributed by atoms with van der Waals surface area (Å²) in [7, 11) is 24.1. The zero-order valence-electron chi connectivity index (χ0n) is 20.6. The van der Waals surface area contributed by atoms with Gasteiger partial charge in [-0.2, -0.15) is 28.0 Å². The van der Waals surface area contributed by atoms with Gasteiger partial charge in [0.1, 0.15) is 12.3 Å². The molecule has 0 radical (unpaired) electrons. The summed E-state index contributed by atoms with van der Waals surface area (Å²) < 4.78 is 14.7. The Labute approximate surface area is 212 Å². The van der Waals surface area contributed by atoms with E-state index >= 15 is 0 Å². The van der Waals surface area contributed by atoms with Gasteiger partial charge < -0.3 is 48.0 Å². The minimum absolute atomic E-state index is 0. The quantitative estimate of drug-likeness (QED) is 0.122. The molecule has 0 aliphatic carbocycles. The largest absolute Gasteiger partial charge is 1.00 e. The number of unbranched alkanes of at least 4 members (excludes halogenated alkanes) is 3. The smallest absolute Gasteiger partial charge is 0.225 e. The number of hydrogen-bond donors (Lipinski definition) is 0. The van der Waals surface area contributed by atoms with E-state index < -0.39 is 15.4 Å². The van der Waals surface area contributed by atoms with Gasteiger partial charge in [0.15, 0.2) is 0 Å². The maximum atomic E-state index is 2.45. The number of rotatable bonds is 13. The molecule has 10 heteroatoms. The summed E-state index contributed by atoms with van der Waals surface area (Å²) in [6, 6.07) is 0. The van der Waals surface area contributed by atoms with Crippen molar-refractivity contribution in [1.82, 2.24) is 28.0 Å². The summed E-state index contributed by atoms with van der Waals surface area (Å²) in [6.45, 7) is 0. The van der Waals surface area contributed by atoms with E-state index in [2.05, 4.69) is 113 Å². The van der Waals surface area contributed by atoms with Gasteiger partial charge in [0.05, 0.1) is 0 Å². The maximum absolute atomic E-state index is 2.45. The zero-order valence-corrected chi connectivity index (χ0v) is 26.7. The van der Waals surface area contributed by atoms with Crippen LogP contribution in [0.4, 0.5) is 0 Å². The first-order chi connectivity index (χ1) is 11.9. The first-order valence-electron chi connectivity index (χ1n) is 9.70. The molecule has 0 saturated carbocycles. The Bertz CT molecular complexity index is 317. The Morgan fingerprint density at radius 1 is 0.357 bits per heavy atom. The van der Waals surface area contributed by atoms with Crippen molar-refractivity contribution in [1.29, 1.82) is 0 Å². The predicted octanol–water partition coefficient (Wildman–Crippen LogP) is -2.55. The molecule has 0 aromatic rings. The minimum Gasteiger partial charge on any atom is -1.00 e. The predicted molar refractivity (Wildman–Crippen MR) is 124 cm³/mol. The molecule has 0 aliphatic rings. The van der Waals surface area contributed by atoms with Crippen molar-refractivity contribution in [3.63, 3.8) is 0 Å². The van der Waals surface area contributed by atoms with Gasteiger partial charge >= 0.3 is 0 Å². The van der Waals surface area contributed by atoms with Crippen LogP contribution in [0.3, 0.4) is 0 Å². The van der Waals surface area contributed by atoms with E-state index in [1.165, 1.54) is 38.0 Å². The van der Waals surface area contributed by atoms with Crippen molar-refractivity contribution in [3.05, 3.63) is 0 Å². The second-order valence-corrected chi connectivity index (χ2v) is 16.8. The SMILES string of the molecule is CN(C)[P+](CCCCCC[P+](N(C)C)(N(C)C)N(C)C)(N(C)C)N(C)C.[I-].[I-]. The van der Waals surface area contributed by atoms with E-state index in [1.807, 2.05) is 0 Å². The molecule has 0 N–H and O–H groups in total. The van der Waals surface area contributed by atoms with Crippen LogP contribution in [0.1, 0.15) is 25.7 Å². The third kappa shape index (κ3) is 8.55. The summed E-state index contributed by atoms with van der Waals surface area (Å²) in [5.41, 5.74) is 0. The molecule has 174 valence electrons. The van der Waals surface area contributed by atoms with E-state index in [9.17, 15) is 0 Å². The highest BCUT2D eigenvalue weighted by atomic mass is 127. The topological polar surface area (TPSA) is 19.4 Å². The molecule has 0 heterocycles. The van der Waals surface area contributed by atoms with E-state index in [4.69, 9.17) is 0 Å². The summed E-state index contributed by atoms with van der Waals surface area (Å²) in [5.74, 6) is 0. The Morgan fingerprint density at radius 3 is 0.679 bits per heavy atom. The van der Waals surface area contributed by atoms with Crippen molar-refractivity contribution in [2.24, 2.45) is 0 Å². The zero-order chi connectivity index (χ0) is 20.7. The molecule has 0 fully saturated rings. The van der Waals surface area contributed by atoms with Crippen LogP contribution in [0.25, 0.3) is 0 Å². The van der Waals surface area contributed by atoms with E-state index in [-0.39, 0.29) is 48.0 Å². The van der Waals surface area contributed by atoms with Crippen LogP contribution in [-0.4, -0.2) is 125 Å². The minimum atomic E-state index is -1.36. The average molecular weight is 664 g/mol. The van der Waals surface area contributed by atoms with Gasteiger partial charge in [-0.25, -0.2) is 0 Å². The van der Waals surface area contributed by atoms with Crippen molar-refractivity contribution in [2.45, 2.75) is 25.7 Å². The van der Waals surface area contributed by atoms with Crippen LogP contribution in [0.5, 0.6) is 0 Å². The number of hydrogen-bond acceptors (Lipinski definition) is 6. The fourth-order valence-corrected chi connectivity index (χ4v) is 12.3. The third-order valence-electron chi connectivity index (χ3n) is 5.51. The lowest BCUT2D eigenvalue weighted by Crippen LogP contribution is -3.00. The van der Waals surface area contributed by atoms with Gasteiger partial charge in [0.2, 0.25) is 15.4 Å². The number of nitrogens with zero attached hydrogens (tertiary/aromatic N) is 6. The van der Waals surface area contributed by atoms with Crippen LogP contribution in [0.15, 0.2) is 0 Å². The van der Waals surface area contributed by atoms with Crippen LogP contribution >= 0.6 is 15.4 Å². The Kier molecular flexibility index (Phi) is 19.6. The van der Waals surface area contributed by atoms with E-state index in [1.54, 1.807) is 0 Å². The van der Waals surface area contributed by atoms with Gasteiger partial charge in [-0.05, 0) is 25.7 Å². The van der Waals surface area contributed by atoms with Crippen LogP contribution in [-0.2, 0) is 0 Å². The normalized spacial score (nSPS) is 13.1. The molecule has 0 spiro atoms. The molecule has 0 bridgehead atoms. The molecule has 0 amide bonds. The fraction of sp³-hybridized carbons (Fsp3) is 1.00. The standard InChI is InChI=1S/C18H48N6P2.2HI/c1-19(2)25(20(3)4,21(5)6)17-15-13-14-16-18-26(22(7)8,23(9)10)24(11)12;;/h13-18H2,1-12H3;2*1H/q+2;;/p-2. The molecule has 6 nitrogen and oxygen atoms in total. The summed E-state index contributed by atoms with van der Waals surface area (Å²) >= 11 is 0. The molecule has 0 rings (SSSR count). The van der Waals surface area contributed by atoms with Gasteiger partial charge in [-0.1, -0.05) is 0 Å². The highest BCUT2D eigenvalue weighted by Crippen LogP contribution is 2.65. The molecule has 0 atom stereocenters. The molecule has 0 aliphatic heterocycles. The Balaban J connectivity index is -0.00000312. The first-order valence-corrected chi connectivity index (χ1v) is 13.4. The Hall–Kier alpha value is 2.08. The molecule has 0 aromatic carbocycles. The van der Waals surface area contributed by atoms with E-state index in [0.717, 1.165) is 0 Å². The van der Waals surface area contributed by atoms with Crippen molar-refractivity contribution >= 4 is 15.4 Å². The van der Waals surface area contributed by atoms with Crippen LogP contribution in [0, 0.1) is 0 Å². The second kappa shape index (κ2) is 15.8. The highest BCUT2D eigenvalue weighted by Gasteiger charge is 2.47. The highest BCUT2D eigenvalue weighted by molar-refractivity contribution is 7.69. The van der Waals surface area contributed by atoms with Crippen molar-refractivity contribution in [3.8, 4) is 0 Å². The second-order valence-electron chi connectivity index (χ2n) is 8.33. The fourth-order valence-electron chi connectivity index (χ4n) is 4.35. The Morgan fingerprint density at radius 2 is 0.536 bits per heavy atom. The third-order valence-corrected chi connectivity index (χ3v) is 15.0. The summed E-state index contributed by atoms with van der Waals surface area (Å²) in [5, 5.41) is 0. The molecule has 0 aromatic heterocycles. The maximum Gasteiger partial charge on any atom is 0.225 e. The van der Waals surface area contributed by atoms with Crippen LogP contribution in [0.2, 0.25) is 0 Å². The summed E-state index contributed by atoms with van der Waals surface area (Å²) in [4.78, 5) is 0. The lowest BCUT2D eigenvalue weighted by atomic mass is 10.2. The number of halogens is 2. The van der Waals surface area contributed by atoms with Crippen LogP contribution < -0.4 is 48.0 Å². The van der Waals surface area contributed by atoms with Gasteiger partial charge in [-0.3, -0.25) is 0 Å². The molecular weight excluding hydrogens is 616 g/mol. The lowest BCUT2D eigenvalue weighted by Gasteiger charge is -2.40. The molecule has 0 unspecified atom stereocenters. The average Bonchev–Trinajstić information content (AvgIpc) is 2.47. The van der Waals surface area contributed by atoms with Gasteiger partial charge in [-0.15, -0.1) is 0 Å². The monoisotopic (exact) mass is 664 g/mol. The van der Waals surface area contributed by atoms with Gasteiger partial charge in [0, 0.05) is 84.6 Å². The first kappa shape index (κ1) is 34.7. The van der Waals surface area contributed by atoms with Gasteiger partial charge in [0.25, 0.3) is 0 Å².